The standard InChI is InChI=1S/C18H23Cl2NO3/c19-14-5-4-13(11-15(14)20)18(7-6-16(22)21-12-18)8-10-24-17-3-1-2-9-23-17/h4-5,11,17H,1-3,6-10,12H2,(H,21,22). The number of carbonyl (C=O) groups excluding carboxylic acids is 1. The van der Waals surface area contributed by atoms with Gasteiger partial charge in [-0.25, -0.2) is 0 Å². The van der Waals surface area contributed by atoms with Crippen molar-refractivity contribution >= 4 is 29.1 Å². The molecule has 0 bridgehead atoms. The van der Waals surface area contributed by atoms with Crippen LogP contribution in [0.15, 0.2) is 18.2 Å². The number of rotatable bonds is 5. The fourth-order valence-corrected chi connectivity index (χ4v) is 3.75. The van der Waals surface area contributed by atoms with E-state index >= 15 is 0 Å². The summed E-state index contributed by atoms with van der Waals surface area (Å²) in [5.74, 6) is 0.0993. The summed E-state index contributed by atoms with van der Waals surface area (Å²) in [5.41, 5.74) is 0.932. The fraction of sp³-hybridized carbons (Fsp3) is 0.611. The first-order valence-corrected chi connectivity index (χ1v) is 9.30. The third-order valence-electron chi connectivity index (χ3n) is 5.01. The number of nitrogens with one attached hydrogen (secondary N) is 1. The molecule has 1 aromatic carbocycles. The summed E-state index contributed by atoms with van der Waals surface area (Å²) in [6, 6.07) is 5.74. The Morgan fingerprint density at radius 1 is 1.29 bits per heavy atom. The molecular formula is C18H23Cl2NO3. The molecule has 24 heavy (non-hydrogen) atoms. The van der Waals surface area contributed by atoms with Gasteiger partial charge in [0.1, 0.15) is 0 Å². The molecule has 2 atom stereocenters. The Morgan fingerprint density at radius 3 is 2.83 bits per heavy atom. The molecule has 0 radical (unpaired) electrons. The van der Waals surface area contributed by atoms with Crippen molar-refractivity contribution in [2.24, 2.45) is 0 Å². The van der Waals surface area contributed by atoms with Gasteiger partial charge >= 0.3 is 0 Å². The Morgan fingerprint density at radius 2 is 2.17 bits per heavy atom. The van der Waals surface area contributed by atoms with Crippen LogP contribution in [0.1, 0.15) is 44.1 Å². The van der Waals surface area contributed by atoms with Crippen LogP contribution in [-0.4, -0.2) is 32.0 Å². The van der Waals surface area contributed by atoms with Gasteiger partial charge in [0.25, 0.3) is 0 Å². The van der Waals surface area contributed by atoms with Crippen LogP contribution in [0.3, 0.4) is 0 Å². The van der Waals surface area contributed by atoms with E-state index in [1.54, 1.807) is 0 Å². The van der Waals surface area contributed by atoms with Crippen molar-refractivity contribution in [3.05, 3.63) is 33.8 Å². The van der Waals surface area contributed by atoms with Gasteiger partial charge in [-0.3, -0.25) is 4.79 Å². The van der Waals surface area contributed by atoms with E-state index < -0.39 is 0 Å². The highest BCUT2D eigenvalue weighted by molar-refractivity contribution is 6.42. The van der Waals surface area contributed by atoms with E-state index in [9.17, 15) is 4.79 Å². The van der Waals surface area contributed by atoms with Crippen molar-refractivity contribution in [1.82, 2.24) is 5.32 Å². The molecule has 132 valence electrons. The maximum atomic E-state index is 11.6. The zero-order valence-electron chi connectivity index (χ0n) is 13.7. The highest BCUT2D eigenvalue weighted by Crippen LogP contribution is 2.38. The number of piperidine rings is 1. The topological polar surface area (TPSA) is 47.6 Å². The number of carbonyl (C=O) groups is 1. The lowest BCUT2D eigenvalue weighted by atomic mass is 9.72. The van der Waals surface area contributed by atoms with E-state index in [1.807, 2.05) is 18.2 Å². The zero-order chi connectivity index (χ0) is 17.0. The maximum Gasteiger partial charge on any atom is 0.220 e. The average molecular weight is 372 g/mol. The molecule has 4 nitrogen and oxygen atoms in total. The third-order valence-corrected chi connectivity index (χ3v) is 5.75. The van der Waals surface area contributed by atoms with Crippen molar-refractivity contribution in [2.45, 2.75) is 50.2 Å². The molecular weight excluding hydrogens is 349 g/mol. The molecule has 0 aliphatic carbocycles. The molecule has 0 spiro atoms. The van der Waals surface area contributed by atoms with Crippen LogP contribution in [-0.2, 0) is 19.7 Å². The van der Waals surface area contributed by atoms with Gasteiger partial charge in [0.2, 0.25) is 5.91 Å². The molecule has 2 aliphatic heterocycles. The van der Waals surface area contributed by atoms with E-state index in [2.05, 4.69) is 5.32 Å². The number of hydrogen-bond acceptors (Lipinski definition) is 3. The molecule has 2 unspecified atom stereocenters. The quantitative estimate of drug-likeness (QED) is 0.848. The second-order valence-electron chi connectivity index (χ2n) is 6.60. The molecule has 1 aromatic rings. The summed E-state index contributed by atoms with van der Waals surface area (Å²) >= 11 is 12.3. The Labute approximate surface area is 152 Å². The Hall–Kier alpha value is -0.810. The van der Waals surface area contributed by atoms with Gasteiger partial charge in [0, 0.05) is 25.0 Å². The van der Waals surface area contributed by atoms with Gasteiger partial charge < -0.3 is 14.8 Å². The third kappa shape index (κ3) is 4.23. The van der Waals surface area contributed by atoms with Crippen LogP contribution in [0.4, 0.5) is 0 Å². The molecule has 1 amide bonds. The number of halogens is 2. The summed E-state index contributed by atoms with van der Waals surface area (Å²) in [7, 11) is 0. The Bertz CT molecular complexity index is 578. The summed E-state index contributed by atoms with van der Waals surface area (Å²) < 4.78 is 11.5. The van der Waals surface area contributed by atoms with Crippen molar-refractivity contribution in [3.8, 4) is 0 Å². The lowest BCUT2D eigenvalue weighted by Crippen LogP contribution is -2.47. The van der Waals surface area contributed by atoms with Gasteiger partial charge in [0.05, 0.1) is 16.7 Å². The predicted octanol–water partition coefficient (Wildman–Crippen LogP) is 4.07. The normalized spacial score (nSPS) is 27.8. The van der Waals surface area contributed by atoms with Crippen molar-refractivity contribution in [2.75, 3.05) is 19.8 Å². The minimum atomic E-state index is -0.170. The lowest BCUT2D eigenvalue weighted by molar-refractivity contribution is -0.165. The molecule has 2 fully saturated rings. The monoisotopic (exact) mass is 371 g/mol. The first-order valence-electron chi connectivity index (χ1n) is 8.54. The van der Waals surface area contributed by atoms with Crippen LogP contribution < -0.4 is 5.32 Å². The van der Waals surface area contributed by atoms with Crippen LogP contribution in [0.5, 0.6) is 0 Å². The average Bonchev–Trinajstić information content (AvgIpc) is 2.60. The van der Waals surface area contributed by atoms with E-state index in [0.717, 1.165) is 44.3 Å². The van der Waals surface area contributed by atoms with Crippen molar-refractivity contribution in [3.63, 3.8) is 0 Å². The van der Waals surface area contributed by atoms with Crippen molar-refractivity contribution in [1.29, 1.82) is 0 Å². The van der Waals surface area contributed by atoms with E-state index in [4.69, 9.17) is 32.7 Å². The van der Waals surface area contributed by atoms with Crippen molar-refractivity contribution < 1.29 is 14.3 Å². The molecule has 3 rings (SSSR count). The van der Waals surface area contributed by atoms with Gasteiger partial charge in [-0.05, 0) is 49.8 Å². The highest BCUT2D eigenvalue weighted by atomic mass is 35.5. The van der Waals surface area contributed by atoms with Crippen LogP contribution in [0.25, 0.3) is 0 Å². The largest absolute Gasteiger partial charge is 0.355 e. The Kier molecular flexibility index (Phi) is 6.03. The minimum Gasteiger partial charge on any atom is -0.355 e. The van der Waals surface area contributed by atoms with Gasteiger partial charge in [-0.15, -0.1) is 0 Å². The summed E-state index contributed by atoms with van der Waals surface area (Å²) in [5, 5.41) is 4.08. The lowest BCUT2D eigenvalue weighted by Gasteiger charge is -2.38. The summed E-state index contributed by atoms with van der Waals surface area (Å²) in [6.07, 6.45) is 5.23. The number of hydrogen-bond donors (Lipinski definition) is 1. The molecule has 0 aromatic heterocycles. The number of ether oxygens (including phenoxy) is 2. The second-order valence-corrected chi connectivity index (χ2v) is 7.42. The predicted molar refractivity (Wildman–Crippen MR) is 94.5 cm³/mol. The maximum absolute atomic E-state index is 11.6. The van der Waals surface area contributed by atoms with Gasteiger partial charge in [-0.1, -0.05) is 29.3 Å². The van der Waals surface area contributed by atoms with Crippen LogP contribution in [0.2, 0.25) is 10.0 Å². The first kappa shape index (κ1) is 18.0. The van der Waals surface area contributed by atoms with Crippen LogP contribution in [0, 0.1) is 0 Å². The second kappa shape index (κ2) is 8.05. The summed E-state index contributed by atoms with van der Waals surface area (Å²) in [6.45, 7) is 1.97. The molecule has 1 N–H and O–H groups in total. The molecule has 2 saturated heterocycles. The Balaban J connectivity index is 1.70. The van der Waals surface area contributed by atoms with E-state index in [-0.39, 0.29) is 17.6 Å². The molecule has 6 heteroatoms. The van der Waals surface area contributed by atoms with Gasteiger partial charge in [-0.2, -0.15) is 0 Å². The smallest absolute Gasteiger partial charge is 0.220 e. The SMILES string of the molecule is O=C1CCC(CCOC2CCCCO2)(c2ccc(Cl)c(Cl)c2)CN1. The number of amides is 1. The molecule has 0 saturated carbocycles. The highest BCUT2D eigenvalue weighted by Gasteiger charge is 2.36. The first-order chi connectivity index (χ1) is 11.6. The van der Waals surface area contributed by atoms with Crippen LogP contribution >= 0.6 is 23.2 Å². The summed E-state index contributed by atoms with van der Waals surface area (Å²) in [4.78, 5) is 11.6. The fourth-order valence-electron chi connectivity index (χ4n) is 3.46. The van der Waals surface area contributed by atoms with Gasteiger partial charge in [0.15, 0.2) is 6.29 Å². The molecule has 2 aliphatic rings. The number of benzene rings is 1. The zero-order valence-corrected chi connectivity index (χ0v) is 15.2. The van der Waals surface area contributed by atoms with E-state index in [0.29, 0.717) is 29.6 Å². The van der Waals surface area contributed by atoms with E-state index in [1.165, 1.54) is 0 Å². The molecule has 2 heterocycles. The minimum absolute atomic E-state index is 0.0946.